The Morgan fingerprint density at radius 3 is 2.89 bits per heavy atom. The summed E-state index contributed by atoms with van der Waals surface area (Å²) in [7, 11) is 0. The molecular formula is C13H18Cl3NO. The average molecular weight is 311 g/mol. The Morgan fingerprint density at radius 1 is 1.39 bits per heavy atom. The van der Waals surface area contributed by atoms with Crippen LogP contribution in [0.2, 0.25) is 10.0 Å². The van der Waals surface area contributed by atoms with Crippen molar-refractivity contribution in [1.82, 2.24) is 5.32 Å². The van der Waals surface area contributed by atoms with E-state index in [4.69, 9.17) is 27.9 Å². The Balaban J connectivity index is 0.00000162. The summed E-state index contributed by atoms with van der Waals surface area (Å²) >= 11 is 12.1. The highest BCUT2D eigenvalue weighted by Crippen LogP contribution is 2.38. The molecule has 102 valence electrons. The number of rotatable bonds is 5. The van der Waals surface area contributed by atoms with Gasteiger partial charge in [-0.2, -0.15) is 0 Å². The van der Waals surface area contributed by atoms with Gasteiger partial charge < -0.3 is 10.1 Å². The van der Waals surface area contributed by atoms with E-state index in [1.807, 2.05) is 6.07 Å². The quantitative estimate of drug-likeness (QED) is 0.826. The summed E-state index contributed by atoms with van der Waals surface area (Å²) in [5, 5.41) is 4.69. The largest absolute Gasteiger partial charge is 0.487 e. The van der Waals surface area contributed by atoms with Gasteiger partial charge in [0, 0.05) is 23.6 Å². The second-order valence-electron chi connectivity index (χ2n) is 4.38. The van der Waals surface area contributed by atoms with Gasteiger partial charge in [0.15, 0.2) is 0 Å². The first-order valence-electron chi connectivity index (χ1n) is 6.06. The van der Waals surface area contributed by atoms with Gasteiger partial charge in [-0.05, 0) is 25.1 Å². The van der Waals surface area contributed by atoms with E-state index >= 15 is 0 Å². The number of halogens is 3. The van der Waals surface area contributed by atoms with Crippen LogP contribution in [-0.2, 0) is 6.42 Å². The number of unbranched alkanes of at least 4 members (excludes halogenated alkanes) is 1. The topological polar surface area (TPSA) is 21.3 Å². The van der Waals surface area contributed by atoms with E-state index < -0.39 is 0 Å². The maximum Gasteiger partial charge on any atom is 0.141 e. The van der Waals surface area contributed by atoms with Gasteiger partial charge in [-0.25, -0.2) is 0 Å². The molecule has 1 N–H and O–H groups in total. The molecule has 2 nitrogen and oxygen atoms in total. The van der Waals surface area contributed by atoms with Gasteiger partial charge in [0.25, 0.3) is 0 Å². The fourth-order valence-corrected chi connectivity index (χ4v) is 2.61. The van der Waals surface area contributed by atoms with Crippen LogP contribution in [0.25, 0.3) is 0 Å². The molecule has 1 aliphatic heterocycles. The van der Waals surface area contributed by atoms with E-state index in [2.05, 4.69) is 12.2 Å². The maximum absolute atomic E-state index is 6.09. The second kappa shape index (κ2) is 7.44. The Bertz CT molecular complexity index is 398. The van der Waals surface area contributed by atoms with Crippen LogP contribution < -0.4 is 10.1 Å². The zero-order valence-corrected chi connectivity index (χ0v) is 12.7. The Labute approximate surface area is 124 Å². The van der Waals surface area contributed by atoms with Crippen LogP contribution in [0.4, 0.5) is 0 Å². The summed E-state index contributed by atoms with van der Waals surface area (Å²) in [5.74, 6) is 0.804. The van der Waals surface area contributed by atoms with E-state index in [1.54, 1.807) is 6.07 Å². The molecule has 0 aromatic heterocycles. The van der Waals surface area contributed by atoms with E-state index in [0.717, 1.165) is 30.8 Å². The van der Waals surface area contributed by atoms with Crippen molar-refractivity contribution in [3.63, 3.8) is 0 Å². The van der Waals surface area contributed by atoms with Crippen molar-refractivity contribution in [3.8, 4) is 5.75 Å². The third-order valence-electron chi connectivity index (χ3n) is 2.90. The Kier molecular flexibility index (Phi) is 6.58. The fraction of sp³-hybridized carbons (Fsp3) is 0.538. The molecular weight excluding hydrogens is 293 g/mol. The molecule has 1 aromatic rings. The zero-order chi connectivity index (χ0) is 12.3. The molecule has 1 heterocycles. The lowest BCUT2D eigenvalue weighted by Gasteiger charge is -2.11. The summed E-state index contributed by atoms with van der Waals surface area (Å²) in [6.07, 6.45) is 3.47. The summed E-state index contributed by atoms with van der Waals surface area (Å²) < 4.78 is 5.82. The molecule has 1 unspecified atom stereocenters. The zero-order valence-electron chi connectivity index (χ0n) is 10.3. The summed E-state index contributed by atoms with van der Waals surface area (Å²) in [4.78, 5) is 0. The predicted octanol–water partition coefficient (Wildman–Crippen LogP) is 4.11. The number of hydrogen-bond donors (Lipinski definition) is 1. The normalized spacial score (nSPS) is 16.9. The van der Waals surface area contributed by atoms with Gasteiger partial charge in [0.2, 0.25) is 0 Å². The van der Waals surface area contributed by atoms with Crippen LogP contribution in [-0.4, -0.2) is 19.2 Å². The van der Waals surface area contributed by atoms with Crippen molar-refractivity contribution in [3.05, 3.63) is 27.7 Å². The van der Waals surface area contributed by atoms with Crippen LogP contribution in [0.15, 0.2) is 12.1 Å². The van der Waals surface area contributed by atoms with Crippen LogP contribution in [0.5, 0.6) is 5.75 Å². The van der Waals surface area contributed by atoms with Gasteiger partial charge in [-0.15, -0.1) is 12.4 Å². The molecule has 0 spiro atoms. The van der Waals surface area contributed by atoms with Gasteiger partial charge >= 0.3 is 0 Å². The van der Waals surface area contributed by atoms with E-state index in [0.29, 0.717) is 10.0 Å². The van der Waals surface area contributed by atoms with Crippen LogP contribution in [0.3, 0.4) is 0 Å². The molecule has 0 aliphatic carbocycles. The number of hydrogen-bond acceptors (Lipinski definition) is 2. The van der Waals surface area contributed by atoms with Crippen molar-refractivity contribution in [2.45, 2.75) is 32.3 Å². The molecule has 1 aromatic carbocycles. The predicted molar refractivity (Wildman–Crippen MR) is 79.6 cm³/mol. The lowest BCUT2D eigenvalue weighted by atomic mass is 10.1. The van der Waals surface area contributed by atoms with Gasteiger partial charge in [0.05, 0.1) is 5.02 Å². The first-order valence-corrected chi connectivity index (χ1v) is 6.81. The monoisotopic (exact) mass is 309 g/mol. The van der Waals surface area contributed by atoms with Crippen molar-refractivity contribution in [2.75, 3.05) is 13.1 Å². The van der Waals surface area contributed by atoms with Crippen molar-refractivity contribution in [1.29, 1.82) is 0 Å². The van der Waals surface area contributed by atoms with Gasteiger partial charge in [-0.1, -0.05) is 36.5 Å². The molecule has 0 fully saturated rings. The Hall–Kier alpha value is -0.150. The Morgan fingerprint density at radius 2 is 2.17 bits per heavy atom. The number of nitrogens with one attached hydrogen (secondary N) is 1. The molecule has 1 aliphatic rings. The maximum atomic E-state index is 6.09. The smallest absolute Gasteiger partial charge is 0.141 e. The molecule has 0 amide bonds. The molecule has 18 heavy (non-hydrogen) atoms. The average Bonchev–Trinajstić information content (AvgIpc) is 2.67. The van der Waals surface area contributed by atoms with Crippen molar-refractivity contribution >= 4 is 35.6 Å². The fourth-order valence-electron chi connectivity index (χ4n) is 2.03. The molecule has 0 bridgehead atoms. The molecule has 2 rings (SSSR count). The number of fused-ring (bicyclic) bond motifs is 1. The SMILES string of the molecule is CCCCNCC1Cc2cc(Cl)cc(Cl)c2O1.Cl. The molecule has 5 heteroatoms. The molecule has 1 atom stereocenters. The van der Waals surface area contributed by atoms with Crippen LogP contribution in [0, 0.1) is 0 Å². The van der Waals surface area contributed by atoms with E-state index in [9.17, 15) is 0 Å². The highest BCUT2D eigenvalue weighted by Gasteiger charge is 2.25. The lowest BCUT2D eigenvalue weighted by Crippen LogP contribution is -2.30. The third-order valence-corrected chi connectivity index (χ3v) is 3.40. The summed E-state index contributed by atoms with van der Waals surface area (Å²) in [5.41, 5.74) is 1.12. The second-order valence-corrected chi connectivity index (χ2v) is 5.22. The number of benzene rings is 1. The lowest BCUT2D eigenvalue weighted by molar-refractivity contribution is 0.228. The standard InChI is InChI=1S/C13H17Cl2NO.ClH/c1-2-3-4-16-8-11-6-9-5-10(14)7-12(15)13(9)17-11;/h5,7,11,16H,2-4,6,8H2,1H3;1H. The third kappa shape index (κ3) is 3.92. The minimum Gasteiger partial charge on any atom is -0.487 e. The first kappa shape index (κ1) is 15.9. The number of ether oxygens (including phenoxy) is 1. The molecule has 0 saturated heterocycles. The van der Waals surface area contributed by atoms with E-state index in [-0.39, 0.29) is 18.5 Å². The summed E-state index contributed by atoms with van der Waals surface area (Å²) in [6.45, 7) is 4.09. The molecule has 0 radical (unpaired) electrons. The molecule has 0 saturated carbocycles. The summed E-state index contributed by atoms with van der Waals surface area (Å²) in [6, 6.07) is 3.67. The van der Waals surface area contributed by atoms with Gasteiger partial charge in [-0.3, -0.25) is 0 Å². The van der Waals surface area contributed by atoms with Crippen molar-refractivity contribution < 1.29 is 4.74 Å². The van der Waals surface area contributed by atoms with E-state index in [1.165, 1.54) is 12.8 Å². The highest BCUT2D eigenvalue weighted by molar-refractivity contribution is 6.35. The van der Waals surface area contributed by atoms with Crippen LogP contribution in [0.1, 0.15) is 25.3 Å². The van der Waals surface area contributed by atoms with Crippen LogP contribution >= 0.6 is 35.6 Å². The van der Waals surface area contributed by atoms with Crippen molar-refractivity contribution in [2.24, 2.45) is 0 Å². The minimum absolute atomic E-state index is 0. The first-order chi connectivity index (χ1) is 8.20. The highest BCUT2D eigenvalue weighted by atomic mass is 35.5. The van der Waals surface area contributed by atoms with Gasteiger partial charge in [0.1, 0.15) is 11.9 Å². The minimum atomic E-state index is 0.